The second-order valence-electron chi connectivity index (χ2n) is 7.28. The number of fused-ring (bicyclic) bond motifs is 1. The van der Waals surface area contributed by atoms with Gasteiger partial charge in [0.15, 0.2) is 0 Å². The largest absolute Gasteiger partial charge is 0.347 e. The van der Waals surface area contributed by atoms with E-state index in [-0.39, 0.29) is 17.5 Å². The van der Waals surface area contributed by atoms with Crippen LogP contribution in [0.25, 0.3) is 11.1 Å². The SMILES string of the molecule is Cc1c(CNC(=O)c2ncccc2Cl)cncc1-c1ccc2c(c1)CCC(=O)N2C. The zero-order valence-electron chi connectivity index (χ0n) is 16.8. The molecule has 1 N–H and O–H groups in total. The highest BCUT2D eigenvalue weighted by molar-refractivity contribution is 6.33. The third-order valence-corrected chi connectivity index (χ3v) is 5.77. The Balaban J connectivity index is 1.57. The number of hydrogen-bond donors (Lipinski definition) is 1. The molecule has 0 radical (unpaired) electrons. The van der Waals surface area contributed by atoms with Crippen LogP contribution in [0.4, 0.5) is 5.69 Å². The topological polar surface area (TPSA) is 75.2 Å². The van der Waals surface area contributed by atoms with Gasteiger partial charge in [0.1, 0.15) is 5.69 Å². The molecule has 152 valence electrons. The van der Waals surface area contributed by atoms with E-state index in [1.54, 1.807) is 23.2 Å². The van der Waals surface area contributed by atoms with Crippen molar-refractivity contribution in [1.29, 1.82) is 0 Å². The maximum Gasteiger partial charge on any atom is 0.271 e. The Hall–Kier alpha value is -3.25. The van der Waals surface area contributed by atoms with E-state index in [1.807, 2.05) is 32.3 Å². The number of amides is 2. The number of hydrogen-bond acceptors (Lipinski definition) is 4. The molecule has 2 amide bonds. The first kappa shape index (κ1) is 20.0. The molecule has 0 spiro atoms. The molecule has 1 aromatic carbocycles. The number of aryl methyl sites for hydroxylation is 1. The number of nitrogens with zero attached hydrogens (tertiary/aromatic N) is 3. The van der Waals surface area contributed by atoms with Crippen molar-refractivity contribution in [2.75, 3.05) is 11.9 Å². The van der Waals surface area contributed by atoms with Gasteiger partial charge < -0.3 is 10.2 Å². The minimum absolute atomic E-state index is 0.138. The summed E-state index contributed by atoms with van der Waals surface area (Å²) in [7, 11) is 1.81. The predicted octanol–water partition coefficient (Wildman–Crippen LogP) is 3.94. The van der Waals surface area contributed by atoms with Gasteiger partial charge in [-0.3, -0.25) is 14.6 Å². The van der Waals surface area contributed by atoms with Gasteiger partial charge in [0, 0.05) is 49.9 Å². The standard InChI is InChI=1S/C23H21ClN4O2/c1-14-17(12-27-23(30)22-19(24)4-3-9-26-22)11-25-13-18(14)15-5-7-20-16(10-15)6-8-21(29)28(20)2/h3-5,7,9-11,13H,6,8,12H2,1-2H3,(H,27,30). The Morgan fingerprint density at radius 2 is 2.07 bits per heavy atom. The summed E-state index contributed by atoms with van der Waals surface area (Å²) in [5, 5.41) is 3.18. The summed E-state index contributed by atoms with van der Waals surface area (Å²) in [6.07, 6.45) is 6.38. The van der Waals surface area contributed by atoms with Crippen molar-refractivity contribution in [2.45, 2.75) is 26.3 Å². The van der Waals surface area contributed by atoms with E-state index in [4.69, 9.17) is 11.6 Å². The molecule has 0 bridgehead atoms. The van der Waals surface area contributed by atoms with Crippen LogP contribution in [0.15, 0.2) is 48.9 Å². The Kier molecular flexibility index (Phi) is 5.50. The number of aromatic nitrogens is 2. The molecule has 0 unspecified atom stereocenters. The molecule has 2 aromatic heterocycles. The van der Waals surface area contributed by atoms with Crippen LogP contribution in [-0.2, 0) is 17.8 Å². The van der Waals surface area contributed by atoms with Gasteiger partial charge in [-0.25, -0.2) is 4.98 Å². The smallest absolute Gasteiger partial charge is 0.271 e. The lowest BCUT2D eigenvalue weighted by molar-refractivity contribution is -0.118. The number of rotatable bonds is 4. The Morgan fingerprint density at radius 3 is 2.87 bits per heavy atom. The number of anilines is 1. The summed E-state index contributed by atoms with van der Waals surface area (Å²) in [5.74, 6) is -0.189. The van der Waals surface area contributed by atoms with Crippen molar-refractivity contribution < 1.29 is 9.59 Å². The zero-order valence-corrected chi connectivity index (χ0v) is 17.5. The van der Waals surface area contributed by atoms with Crippen molar-refractivity contribution in [3.8, 4) is 11.1 Å². The molecule has 0 aliphatic carbocycles. The highest BCUT2D eigenvalue weighted by Crippen LogP contribution is 2.33. The Labute approximate surface area is 179 Å². The monoisotopic (exact) mass is 420 g/mol. The normalized spacial score (nSPS) is 13.2. The second kappa shape index (κ2) is 8.24. The molecule has 30 heavy (non-hydrogen) atoms. The lowest BCUT2D eigenvalue weighted by Gasteiger charge is -2.26. The highest BCUT2D eigenvalue weighted by atomic mass is 35.5. The fraction of sp³-hybridized carbons (Fsp3) is 0.217. The highest BCUT2D eigenvalue weighted by Gasteiger charge is 2.21. The molecule has 4 rings (SSSR count). The lowest BCUT2D eigenvalue weighted by atomic mass is 9.94. The quantitative estimate of drug-likeness (QED) is 0.693. The number of carbonyl (C=O) groups is 2. The van der Waals surface area contributed by atoms with E-state index < -0.39 is 0 Å². The van der Waals surface area contributed by atoms with E-state index in [0.717, 1.165) is 39.9 Å². The summed E-state index contributed by atoms with van der Waals surface area (Å²) in [4.78, 5) is 34.5. The van der Waals surface area contributed by atoms with Crippen LogP contribution in [0.3, 0.4) is 0 Å². The van der Waals surface area contributed by atoms with Crippen LogP contribution in [-0.4, -0.2) is 28.8 Å². The van der Waals surface area contributed by atoms with Crippen LogP contribution in [0.1, 0.15) is 33.6 Å². The number of carbonyl (C=O) groups excluding carboxylic acids is 2. The molecule has 0 saturated heterocycles. The van der Waals surface area contributed by atoms with Gasteiger partial charge in [0.25, 0.3) is 5.91 Å². The average Bonchev–Trinajstić information content (AvgIpc) is 2.75. The number of nitrogens with one attached hydrogen (secondary N) is 1. The minimum atomic E-state index is -0.327. The van der Waals surface area contributed by atoms with E-state index in [1.165, 1.54) is 6.20 Å². The van der Waals surface area contributed by atoms with Gasteiger partial charge in [0.2, 0.25) is 5.91 Å². The molecular weight excluding hydrogens is 400 g/mol. The molecule has 7 heteroatoms. The third kappa shape index (κ3) is 3.78. The zero-order chi connectivity index (χ0) is 21.3. The van der Waals surface area contributed by atoms with Crippen LogP contribution >= 0.6 is 11.6 Å². The first-order valence-electron chi connectivity index (χ1n) is 9.67. The van der Waals surface area contributed by atoms with E-state index in [9.17, 15) is 9.59 Å². The van der Waals surface area contributed by atoms with Gasteiger partial charge in [-0.1, -0.05) is 17.7 Å². The van der Waals surface area contributed by atoms with Crippen molar-refractivity contribution in [3.63, 3.8) is 0 Å². The van der Waals surface area contributed by atoms with Crippen LogP contribution < -0.4 is 10.2 Å². The average molecular weight is 421 g/mol. The van der Waals surface area contributed by atoms with Gasteiger partial charge in [-0.05, 0) is 59.9 Å². The first-order chi connectivity index (χ1) is 14.5. The van der Waals surface area contributed by atoms with Crippen LogP contribution in [0, 0.1) is 6.92 Å². The maximum atomic E-state index is 12.4. The molecule has 0 fully saturated rings. The Bertz CT molecular complexity index is 1150. The summed E-state index contributed by atoms with van der Waals surface area (Å²) in [6.45, 7) is 2.34. The fourth-order valence-electron chi connectivity index (χ4n) is 3.67. The summed E-state index contributed by atoms with van der Waals surface area (Å²) in [5.41, 5.74) is 6.31. The van der Waals surface area contributed by atoms with E-state index in [0.29, 0.717) is 18.0 Å². The molecule has 1 aliphatic rings. The molecule has 6 nitrogen and oxygen atoms in total. The predicted molar refractivity (Wildman–Crippen MR) is 117 cm³/mol. The van der Waals surface area contributed by atoms with Crippen LogP contribution in [0.5, 0.6) is 0 Å². The maximum absolute atomic E-state index is 12.4. The first-order valence-corrected chi connectivity index (χ1v) is 10.1. The molecular formula is C23H21ClN4O2. The van der Waals surface area contributed by atoms with Gasteiger partial charge in [0.05, 0.1) is 5.02 Å². The number of halogens is 1. The fourth-order valence-corrected chi connectivity index (χ4v) is 3.88. The van der Waals surface area contributed by atoms with Gasteiger partial charge in [-0.15, -0.1) is 0 Å². The molecule has 0 saturated carbocycles. The summed E-state index contributed by atoms with van der Waals surface area (Å²) >= 11 is 6.05. The van der Waals surface area contributed by atoms with Crippen LogP contribution in [0.2, 0.25) is 5.02 Å². The van der Waals surface area contributed by atoms with Gasteiger partial charge in [-0.2, -0.15) is 0 Å². The minimum Gasteiger partial charge on any atom is -0.347 e. The van der Waals surface area contributed by atoms with E-state index >= 15 is 0 Å². The van der Waals surface area contributed by atoms with Crippen molar-refractivity contribution in [3.05, 3.63) is 76.3 Å². The molecule has 3 aromatic rings. The third-order valence-electron chi connectivity index (χ3n) is 5.47. The number of pyridine rings is 2. The van der Waals surface area contributed by atoms with E-state index in [2.05, 4.69) is 21.4 Å². The summed E-state index contributed by atoms with van der Waals surface area (Å²) < 4.78 is 0. The molecule has 0 atom stereocenters. The lowest BCUT2D eigenvalue weighted by Crippen LogP contribution is -2.31. The molecule has 3 heterocycles. The second-order valence-corrected chi connectivity index (χ2v) is 7.69. The Morgan fingerprint density at radius 1 is 1.23 bits per heavy atom. The van der Waals surface area contributed by atoms with Crippen molar-refractivity contribution in [2.24, 2.45) is 0 Å². The van der Waals surface area contributed by atoms with Gasteiger partial charge >= 0.3 is 0 Å². The molecule has 1 aliphatic heterocycles. The summed E-state index contributed by atoms with van der Waals surface area (Å²) in [6, 6.07) is 9.44. The number of benzene rings is 1. The van der Waals surface area contributed by atoms with Crippen molar-refractivity contribution >= 4 is 29.1 Å². The van der Waals surface area contributed by atoms with Crippen molar-refractivity contribution in [1.82, 2.24) is 15.3 Å².